The second-order valence-corrected chi connectivity index (χ2v) is 2.41. The van der Waals surface area contributed by atoms with Crippen LogP contribution in [0.25, 0.3) is 0 Å². The largest absolute Gasteiger partial charge is 0.348 e. The van der Waals surface area contributed by atoms with Crippen LogP contribution >= 0.6 is 0 Å². The Morgan fingerprint density at radius 1 is 1.29 bits per heavy atom. The van der Waals surface area contributed by atoms with Gasteiger partial charge in [-0.05, 0) is 11.6 Å². The number of amides is 1. The molecule has 0 radical (unpaired) electrons. The lowest BCUT2D eigenvalue weighted by Gasteiger charge is -2.00. The average Bonchev–Trinajstić information content (AvgIpc) is 2.30. The van der Waals surface area contributed by atoms with Crippen molar-refractivity contribution in [2.45, 2.75) is 6.54 Å². The molecule has 0 bridgehead atoms. The van der Waals surface area contributed by atoms with E-state index in [0.29, 0.717) is 6.54 Å². The van der Waals surface area contributed by atoms with E-state index in [2.05, 4.69) is 25.1 Å². The van der Waals surface area contributed by atoms with Gasteiger partial charge in [0.15, 0.2) is 0 Å². The van der Waals surface area contributed by atoms with E-state index in [1.54, 1.807) is 0 Å². The van der Waals surface area contributed by atoms with Crippen molar-refractivity contribution in [3.63, 3.8) is 0 Å². The Labute approximate surface area is 85.0 Å². The fourth-order valence-corrected chi connectivity index (χ4v) is 0.857. The van der Waals surface area contributed by atoms with E-state index in [1.807, 2.05) is 30.3 Å². The van der Waals surface area contributed by atoms with Crippen LogP contribution in [0.15, 0.2) is 56.1 Å². The fraction of sp³-hybridized carbons (Fsp3) is 0.0833. The van der Waals surface area contributed by atoms with Crippen molar-refractivity contribution in [2.75, 3.05) is 0 Å². The molecule has 0 heterocycles. The smallest absolute Gasteiger partial charge is 0.243 e. The minimum atomic E-state index is -0.140. The molecule has 1 rings (SSSR count). The molecule has 1 N–H and O–H groups in total. The average molecular weight is 189 g/mol. The Hall–Kier alpha value is -1.83. The minimum Gasteiger partial charge on any atom is -0.348 e. The molecule has 1 amide bonds. The van der Waals surface area contributed by atoms with E-state index in [0.717, 1.165) is 5.56 Å². The van der Waals surface area contributed by atoms with Gasteiger partial charge >= 0.3 is 0 Å². The Morgan fingerprint density at radius 3 is 2.36 bits per heavy atom. The highest BCUT2D eigenvalue weighted by Gasteiger charge is 1.93. The summed E-state index contributed by atoms with van der Waals surface area (Å²) in [6.45, 7) is 9.92. The van der Waals surface area contributed by atoms with Gasteiger partial charge in [-0.2, -0.15) is 0 Å². The Bertz CT molecular complexity index is 280. The van der Waals surface area contributed by atoms with Crippen LogP contribution in [0.5, 0.6) is 0 Å². The highest BCUT2D eigenvalue weighted by molar-refractivity contribution is 5.86. The van der Waals surface area contributed by atoms with E-state index in [9.17, 15) is 4.79 Å². The maximum absolute atomic E-state index is 10.8. The SMILES string of the molecule is C=C.C=CC(=O)NCc1ccccc1. The molecule has 0 atom stereocenters. The minimum absolute atomic E-state index is 0.140. The van der Waals surface area contributed by atoms with Crippen LogP contribution in [0.4, 0.5) is 0 Å². The first kappa shape index (κ1) is 12.2. The molecule has 0 fully saturated rings. The van der Waals surface area contributed by atoms with Gasteiger partial charge in [-0.25, -0.2) is 0 Å². The molecule has 0 unspecified atom stereocenters. The van der Waals surface area contributed by atoms with Crippen molar-refractivity contribution in [2.24, 2.45) is 0 Å². The maximum atomic E-state index is 10.8. The molecule has 0 aliphatic heterocycles. The second kappa shape index (κ2) is 7.80. The first-order valence-corrected chi connectivity index (χ1v) is 4.27. The summed E-state index contributed by atoms with van der Waals surface area (Å²) < 4.78 is 0. The third-order valence-electron chi connectivity index (χ3n) is 1.49. The standard InChI is InChI=1S/C10H11NO.C2H4/c1-2-10(12)11-8-9-6-4-3-5-7-9;1-2/h2-7H,1,8H2,(H,11,12);1-2H2. The monoisotopic (exact) mass is 189 g/mol. The summed E-state index contributed by atoms with van der Waals surface area (Å²) in [7, 11) is 0. The number of nitrogens with one attached hydrogen (secondary N) is 1. The van der Waals surface area contributed by atoms with Crippen LogP contribution in [0, 0.1) is 0 Å². The molecule has 0 spiro atoms. The summed E-state index contributed by atoms with van der Waals surface area (Å²) in [6, 6.07) is 9.75. The molecule has 0 aliphatic carbocycles. The molecule has 0 aliphatic rings. The van der Waals surface area contributed by atoms with Crippen molar-refractivity contribution < 1.29 is 4.79 Å². The third kappa shape index (κ3) is 4.93. The summed E-state index contributed by atoms with van der Waals surface area (Å²) >= 11 is 0. The van der Waals surface area contributed by atoms with Gasteiger partial charge in [0, 0.05) is 6.54 Å². The van der Waals surface area contributed by atoms with Crippen molar-refractivity contribution >= 4 is 5.91 Å². The van der Waals surface area contributed by atoms with Crippen molar-refractivity contribution in [1.82, 2.24) is 5.32 Å². The predicted molar refractivity (Wildman–Crippen MR) is 59.7 cm³/mol. The molecule has 1 aromatic rings. The van der Waals surface area contributed by atoms with Crippen LogP contribution in [0.1, 0.15) is 5.56 Å². The lowest BCUT2D eigenvalue weighted by atomic mass is 10.2. The van der Waals surface area contributed by atoms with Crippen molar-refractivity contribution in [3.8, 4) is 0 Å². The Morgan fingerprint density at radius 2 is 1.86 bits per heavy atom. The fourth-order valence-electron chi connectivity index (χ4n) is 0.857. The normalized spacial score (nSPS) is 8.00. The van der Waals surface area contributed by atoms with E-state index >= 15 is 0 Å². The van der Waals surface area contributed by atoms with Crippen LogP contribution < -0.4 is 5.32 Å². The van der Waals surface area contributed by atoms with Crippen LogP contribution in [-0.4, -0.2) is 5.91 Å². The van der Waals surface area contributed by atoms with Crippen LogP contribution in [0.2, 0.25) is 0 Å². The molecular weight excluding hydrogens is 174 g/mol. The molecule has 74 valence electrons. The quantitative estimate of drug-likeness (QED) is 0.573. The second-order valence-electron chi connectivity index (χ2n) is 2.41. The zero-order valence-corrected chi connectivity index (χ0v) is 8.20. The molecular formula is C12H15NO. The Kier molecular flexibility index (Phi) is 6.78. The molecule has 0 aromatic heterocycles. The van der Waals surface area contributed by atoms with E-state index < -0.39 is 0 Å². The van der Waals surface area contributed by atoms with E-state index in [-0.39, 0.29) is 5.91 Å². The molecule has 2 nitrogen and oxygen atoms in total. The van der Waals surface area contributed by atoms with E-state index in [4.69, 9.17) is 0 Å². The zero-order valence-electron chi connectivity index (χ0n) is 8.20. The Balaban J connectivity index is 0.000000791. The lowest BCUT2D eigenvalue weighted by Crippen LogP contribution is -2.19. The van der Waals surface area contributed by atoms with Gasteiger partial charge in [0.2, 0.25) is 5.91 Å². The van der Waals surface area contributed by atoms with Crippen molar-refractivity contribution in [3.05, 3.63) is 61.7 Å². The maximum Gasteiger partial charge on any atom is 0.243 e. The highest BCUT2D eigenvalue weighted by atomic mass is 16.1. The molecule has 0 saturated heterocycles. The number of hydrogen-bond acceptors (Lipinski definition) is 1. The summed E-state index contributed by atoms with van der Waals surface area (Å²) in [5, 5.41) is 2.69. The van der Waals surface area contributed by atoms with Gasteiger partial charge in [0.25, 0.3) is 0 Å². The van der Waals surface area contributed by atoms with Gasteiger partial charge < -0.3 is 5.32 Å². The molecule has 2 heteroatoms. The molecule has 14 heavy (non-hydrogen) atoms. The number of benzene rings is 1. The van der Waals surface area contributed by atoms with Crippen LogP contribution in [-0.2, 0) is 11.3 Å². The number of hydrogen-bond donors (Lipinski definition) is 1. The summed E-state index contributed by atoms with van der Waals surface area (Å²) in [6.07, 6.45) is 1.27. The summed E-state index contributed by atoms with van der Waals surface area (Å²) in [4.78, 5) is 10.8. The van der Waals surface area contributed by atoms with E-state index in [1.165, 1.54) is 6.08 Å². The first-order chi connectivity index (χ1) is 6.83. The molecule has 1 aromatic carbocycles. The number of carbonyl (C=O) groups is 1. The third-order valence-corrected chi connectivity index (χ3v) is 1.49. The van der Waals surface area contributed by atoms with Gasteiger partial charge in [-0.15, -0.1) is 13.2 Å². The zero-order chi connectivity index (χ0) is 10.8. The topological polar surface area (TPSA) is 29.1 Å². The van der Waals surface area contributed by atoms with Gasteiger partial charge in [-0.1, -0.05) is 36.9 Å². The van der Waals surface area contributed by atoms with Gasteiger partial charge in [-0.3, -0.25) is 4.79 Å². The van der Waals surface area contributed by atoms with Gasteiger partial charge in [0.05, 0.1) is 0 Å². The summed E-state index contributed by atoms with van der Waals surface area (Å²) in [5.41, 5.74) is 1.09. The van der Waals surface area contributed by atoms with Crippen molar-refractivity contribution in [1.29, 1.82) is 0 Å². The summed E-state index contributed by atoms with van der Waals surface area (Å²) in [5.74, 6) is -0.140. The number of carbonyl (C=O) groups excluding carboxylic acids is 1. The van der Waals surface area contributed by atoms with Crippen LogP contribution in [0.3, 0.4) is 0 Å². The molecule has 0 saturated carbocycles. The predicted octanol–water partition coefficient (Wildman–Crippen LogP) is 2.29. The lowest BCUT2D eigenvalue weighted by molar-refractivity contribution is -0.116. The first-order valence-electron chi connectivity index (χ1n) is 4.27. The number of rotatable bonds is 3. The van der Waals surface area contributed by atoms with Gasteiger partial charge in [0.1, 0.15) is 0 Å². The highest BCUT2D eigenvalue weighted by Crippen LogP contribution is 1.96.